The summed E-state index contributed by atoms with van der Waals surface area (Å²) in [5.74, 6) is -0.118. The summed E-state index contributed by atoms with van der Waals surface area (Å²) in [7, 11) is 1.53. The van der Waals surface area contributed by atoms with E-state index in [4.69, 9.17) is 0 Å². The van der Waals surface area contributed by atoms with Crippen molar-refractivity contribution >= 4 is 5.91 Å². The van der Waals surface area contributed by atoms with Gasteiger partial charge in [-0.1, -0.05) is 6.92 Å². The highest BCUT2D eigenvalue weighted by Crippen LogP contribution is 2.42. The van der Waals surface area contributed by atoms with Gasteiger partial charge in [0.1, 0.15) is 5.60 Å². The quantitative estimate of drug-likeness (QED) is 0.501. The van der Waals surface area contributed by atoms with Crippen LogP contribution in [0.1, 0.15) is 13.3 Å². The zero-order valence-corrected chi connectivity index (χ0v) is 5.64. The van der Waals surface area contributed by atoms with Gasteiger partial charge in [0.15, 0.2) is 0 Å². The normalized spacial score (nSPS) is 40.1. The van der Waals surface area contributed by atoms with Crippen LogP contribution in [0.5, 0.6) is 0 Å². The van der Waals surface area contributed by atoms with E-state index < -0.39 is 5.60 Å². The Bertz CT molecular complexity index is 146. The topological polar surface area (TPSA) is 49.3 Å². The largest absolute Gasteiger partial charge is 0.380 e. The van der Waals surface area contributed by atoms with Gasteiger partial charge in [-0.15, -0.1) is 0 Å². The van der Waals surface area contributed by atoms with Crippen LogP contribution in [0.15, 0.2) is 0 Å². The summed E-state index contributed by atoms with van der Waals surface area (Å²) in [6, 6.07) is 0. The number of carbonyl (C=O) groups is 1. The number of likely N-dealkylation sites (N-methyl/N-ethyl adjacent to an activating group) is 1. The van der Waals surface area contributed by atoms with Gasteiger partial charge in [-0.25, -0.2) is 0 Å². The minimum atomic E-state index is -1.03. The second-order valence-electron chi connectivity index (χ2n) is 2.61. The molecule has 0 radical (unpaired) electrons. The fraction of sp³-hybridized carbons (Fsp3) is 0.833. The maximum Gasteiger partial charge on any atom is 0.251 e. The van der Waals surface area contributed by atoms with Crippen molar-refractivity contribution in [1.29, 1.82) is 0 Å². The monoisotopic (exact) mass is 129 g/mol. The van der Waals surface area contributed by atoms with E-state index >= 15 is 0 Å². The molecule has 1 amide bonds. The number of hydrogen-bond acceptors (Lipinski definition) is 2. The van der Waals surface area contributed by atoms with Crippen molar-refractivity contribution in [1.82, 2.24) is 5.32 Å². The molecule has 1 rings (SSSR count). The zero-order valence-electron chi connectivity index (χ0n) is 5.64. The standard InChI is InChI=1S/C6H11NO2/c1-4-3-6(4,9)5(8)7-2/h4,9H,3H2,1-2H3,(H,7,8)/t4-,6+/m1/s1. The van der Waals surface area contributed by atoms with Gasteiger partial charge in [0, 0.05) is 7.05 Å². The van der Waals surface area contributed by atoms with Crippen molar-refractivity contribution < 1.29 is 9.90 Å². The summed E-state index contributed by atoms with van der Waals surface area (Å²) >= 11 is 0. The second-order valence-corrected chi connectivity index (χ2v) is 2.61. The number of hydrogen-bond donors (Lipinski definition) is 2. The third kappa shape index (κ3) is 0.812. The van der Waals surface area contributed by atoms with E-state index in [2.05, 4.69) is 5.32 Å². The predicted octanol–water partition coefficient (Wildman–Crippen LogP) is -0.497. The van der Waals surface area contributed by atoms with Crippen LogP contribution < -0.4 is 5.32 Å². The molecule has 0 bridgehead atoms. The Morgan fingerprint density at radius 3 is 2.44 bits per heavy atom. The molecule has 0 aliphatic heterocycles. The minimum absolute atomic E-state index is 0.137. The number of nitrogens with one attached hydrogen (secondary N) is 1. The van der Waals surface area contributed by atoms with Crippen LogP contribution in [0.4, 0.5) is 0 Å². The second kappa shape index (κ2) is 1.70. The molecule has 0 aromatic heterocycles. The van der Waals surface area contributed by atoms with Crippen LogP contribution in [0, 0.1) is 5.92 Å². The van der Waals surface area contributed by atoms with Crippen molar-refractivity contribution in [3.8, 4) is 0 Å². The molecule has 2 N–H and O–H groups in total. The van der Waals surface area contributed by atoms with Crippen LogP contribution >= 0.6 is 0 Å². The van der Waals surface area contributed by atoms with Crippen LogP contribution in [-0.4, -0.2) is 23.7 Å². The molecule has 0 aromatic rings. The Kier molecular flexibility index (Phi) is 1.24. The lowest BCUT2D eigenvalue weighted by molar-refractivity contribution is -0.131. The Hall–Kier alpha value is -0.570. The highest BCUT2D eigenvalue weighted by Gasteiger charge is 2.55. The van der Waals surface area contributed by atoms with E-state index in [1.54, 1.807) is 0 Å². The Labute approximate surface area is 54.1 Å². The van der Waals surface area contributed by atoms with Crippen LogP contribution in [0.3, 0.4) is 0 Å². The van der Waals surface area contributed by atoms with E-state index in [-0.39, 0.29) is 11.8 Å². The molecule has 0 spiro atoms. The molecule has 52 valence electrons. The highest BCUT2D eigenvalue weighted by atomic mass is 16.3. The number of rotatable bonds is 1. The van der Waals surface area contributed by atoms with Gasteiger partial charge in [0.05, 0.1) is 0 Å². The van der Waals surface area contributed by atoms with E-state index in [0.29, 0.717) is 6.42 Å². The molecular formula is C6H11NO2. The molecule has 1 fully saturated rings. The summed E-state index contributed by atoms with van der Waals surface area (Å²) in [4.78, 5) is 10.7. The first-order valence-corrected chi connectivity index (χ1v) is 3.06. The molecule has 1 saturated carbocycles. The van der Waals surface area contributed by atoms with Crippen LogP contribution in [-0.2, 0) is 4.79 Å². The average Bonchev–Trinajstić information content (AvgIpc) is 2.41. The highest BCUT2D eigenvalue weighted by molar-refractivity contribution is 5.88. The molecular weight excluding hydrogens is 118 g/mol. The minimum Gasteiger partial charge on any atom is -0.380 e. The zero-order chi connectivity index (χ0) is 7.07. The maximum atomic E-state index is 10.7. The van der Waals surface area contributed by atoms with Crippen LogP contribution in [0.2, 0.25) is 0 Å². The third-order valence-corrected chi connectivity index (χ3v) is 1.89. The van der Waals surface area contributed by atoms with Gasteiger partial charge < -0.3 is 10.4 Å². The molecule has 9 heavy (non-hydrogen) atoms. The molecule has 3 heteroatoms. The van der Waals surface area contributed by atoms with E-state index in [1.807, 2.05) is 6.92 Å². The van der Waals surface area contributed by atoms with Crippen molar-refractivity contribution in [2.24, 2.45) is 5.92 Å². The lowest BCUT2D eigenvalue weighted by atomic mass is 10.2. The summed E-state index contributed by atoms with van der Waals surface area (Å²) < 4.78 is 0. The summed E-state index contributed by atoms with van der Waals surface area (Å²) in [6.07, 6.45) is 0.604. The predicted molar refractivity (Wildman–Crippen MR) is 32.8 cm³/mol. The lowest BCUT2D eigenvalue weighted by Gasteiger charge is -2.04. The SMILES string of the molecule is CNC(=O)[C@]1(O)C[C@H]1C. The van der Waals surface area contributed by atoms with Gasteiger partial charge >= 0.3 is 0 Å². The summed E-state index contributed by atoms with van der Waals surface area (Å²) in [5.41, 5.74) is -1.03. The number of carbonyl (C=O) groups excluding carboxylic acids is 1. The summed E-state index contributed by atoms with van der Waals surface area (Å²) in [5, 5.41) is 11.7. The Morgan fingerprint density at radius 1 is 1.89 bits per heavy atom. The number of aliphatic hydroxyl groups is 1. The molecule has 1 aliphatic carbocycles. The van der Waals surface area contributed by atoms with Gasteiger partial charge in [0.25, 0.3) is 5.91 Å². The molecule has 3 nitrogen and oxygen atoms in total. The Balaban J connectivity index is 2.53. The molecule has 0 aromatic carbocycles. The van der Waals surface area contributed by atoms with Crippen molar-refractivity contribution in [2.45, 2.75) is 18.9 Å². The van der Waals surface area contributed by atoms with Crippen LogP contribution in [0.25, 0.3) is 0 Å². The molecule has 0 heterocycles. The van der Waals surface area contributed by atoms with E-state index in [0.717, 1.165) is 0 Å². The van der Waals surface area contributed by atoms with Crippen molar-refractivity contribution in [2.75, 3.05) is 7.05 Å². The van der Waals surface area contributed by atoms with Gasteiger partial charge in [-0.3, -0.25) is 4.79 Å². The first-order chi connectivity index (χ1) is 4.11. The molecule has 0 unspecified atom stereocenters. The van der Waals surface area contributed by atoms with Gasteiger partial charge in [0.2, 0.25) is 0 Å². The first-order valence-electron chi connectivity index (χ1n) is 3.06. The molecule has 1 aliphatic rings. The molecule has 2 atom stereocenters. The smallest absolute Gasteiger partial charge is 0.251 e. The first kappa shape index (κ1) is 6.55. The maximum absolute atomic E-state index is 10.7. The van der Waals surface area contributed by atoms with Crippen molar-refractivity contribution in [3.63, 3.8) is 0 Å². The lowest BCUT2D eigenvalue weighted by Crippen LogP contribution is -2.34. The van der Waals surface area contributed by atoms with Crippen molar-refractivity contribution in [3.05, 3.63) is 0 Å². The fourth-order valence-electron chi connectivity index (χ4n) is 0.941. The van der Waals surface area contributed by atoms with Gasteiger partial charge in [-0.05, 0) is 12.3 Å². The Morgan fingerprint density at radius 2 is 2.33 bits per heavy atom. The fourth-order valence-corrected chi connectivity index (χ4v) is 0.941. The van der Waals surface area contributed by atoms with E-state index in [9.17, 15) is 9.90 Å². The molecule has 0 saturated heterocycles. The van der Waals surface area contributed by atoms with E-state index in [1.165, 1.54) is 7.05 Å². The van der Waals surface area contributed by atoms with Gasteiger partial charge in [-0.2, -0.15) is 0 Å². The third-order valence-electron chi connectivity index (χ3n) is 1.89. The number of amides is 1. The summed E-state index contributed by atoms with van der Waals surface area (Å²) in [6.45, 7) is 1.86. The average molecular weight is 129 g/mol.